The first-order valence-corrected chi connectivity index (χ1v) is 8.67. The number of rotatable bonds is 3. The van der Waals surface area contributed by atoms with Gasteiger partial charge in [-0.25, -0.2) is 14.1 Å². The van der Waals surface area contributed by atoms with Crippen molar-refractivity contribution in [3.63, 3.8) is 0 Å². The summed E-state index contributed by atoms with van der Waals surface area (Å²) in [6.07, 6.45) is 4.37. The van der Waals surface area contributed by atoms with Crippen LogP contribution in [-0.4, -0.2) is 44.0 Å². The number of likely N-dealkylation sites (tertiary alicyclic amines) is 1. The lowest BCUT2D eigenvalue weighted by molar-refractivity contribution is 0.0304. The Balaban J connectivity index is 1.46. The largest absolute Gasteiger partial charge is 0.391 e. The molecule has 5 nitrogen and oxygen atoms in total. The Morgan fingerprint density at radius 2 is 2.04 bits per heavy atom. The third-order valence-corrected chi connectivity index (χ3v) is 5.76. The second-order valence-electron chi connectivity index (χ2n) is 6.90. The molecular formula is C17H20ClFN4O. The van der Waals surface area contributed by atoms with Crippen molar-refractivity contribution in [1.29, 1.82) is 0 Å². The highest BCUT2D eigenvalue weighted by molar-refractivity contribution is 6.31. The molecule has 0 bridgehead atoms. The predicted octanol–water partition coefficient (Wildman–Crippen LogP) is 2.51. The van der Waals surface area contributed by atoms with Gasteiger partial charge < -0.3 is 5.11 Å². The smallest absolute Gasteiger partial charge is 0.137 e. The molecule has 0 radical (unpaired) electrons. The maximum absolute atomic E-state index is 14.0. The Labute approximate surface area is 145 Å². The van der Waals surface area contributed by atoms with Crippen LogP contribution in [0.2, 0.25) is 5.02 Å². The number of nitrogens with zero attached hydrogens (tertiary/aromatic N) is 4. The highest BCUT2D eigenvalue weighted by atomic mass is 35.5. The van der Waals surface area contributed by atoms with Crippen LogP contribution in [0.15, 0.2) is 30.9 Å². The van der Waals surface area contributed by atoms with E-state index in [0.717, 1.165) is 25.9 Å². The molecule has 1 saturated heterocycles. The van der Waals surface area contributed by atoms with Gasteiger partial charge in [0.1, 0.15) is 18.5 Å². The third kappa shape index (κ3) is 2.94. The molecule has 4 rings (SSSR count). The minimum Gasteiger partial charge on any atom is -0.391 e. The van der Waals surface area contributed by atoms with Crippen molar-refractivity contribution in [3.8, 4) is 0 Å². The Morgan fingerprint density at radius 1 is 1.25 bits per heavy atom. The second-order valence-corrected chi connectivity index (χ2v) is 7.30. The van der Waals surface area contributed by atoms with Crippen molar-refractivity contribution in [3.05, 3.63) is 47.3 Å². The zero-order valence-corrected chi connectivity index (χ0v) is 14.0. The Bertz CT molecular complexity index is 690. The average molecular weight is 351 g/mol. The molecule has 7 heteroatoms. The molecule has 2 heterocycles. The monoisotopic (exact) mass is 350 g/mol. The van der Waals surface area contributed by atoms with Crippen LogP contribution < -0.4 is 0 Å². The molecule has 0 spiro atoms. The van der Waals surface area contributed by atoms with E-state index in [0.29, 0.717) is 29.0 Å². The molecule has 128 valence electrons. The molecule has 1 N–H and O–H groups in total. The van der Waals surface area contributed by atoms with Gasteiger partial charge in [0.25, 0.3) is 0 Å². The Morgan fingerprint density at radius 3 is 2.75 bits per heavy atom. The molecule has 4 atom stereocenters. The molecule has 0 unspecified atom stereocenters. The lowest BCUT2D eigenvalue weighted by Crippen LogP contribution is -2.36. The van der Waals surface area contributed by atoms with Crippen molar-refractivity contribution in [1.82, 2.24) is 19.7 Å². The van der Waals surface area contributed by atoms with Gasteiger partial charge in [0.15, 0.2) is 0 Å². The summed E-state index contributed by atoms with van der Waals surface area (Å²) < 4.78 is 15.8. The van der Waals surface area contributed by atoms with Crippen molar-refractivity contribution in [2.24, 2.45) is 11.8 Å². The molecule has 1 aromatic heterocycles. The van der Waals surface area contributed by atoms with Gasteiger partial charge in [-0.15, -0.1) is 0 Å². The molecule has 1 aliphatic carbocycles. The fourth-order valence-corrected chi connectivity index (χ4v) is 4.44. The van der Waals surface area contributed by atoms with E-state index in [9.17, 15) is 9.50 Å². The van der Waals surface area contributed by atoms with Gasteiger partial charge in [0.2, 0.25) is 0 Å². The first kappa shape index (κ1) is 16.0. The van der Waals surface area contributed by atoms with Crippen molar-refractivity contribution < 1.29 is 9.50 Å². The number of hydrogen-bond acceptors (Lipinski definition) is 4. The zero-order valence-electron chi connectivity index (χ0n) is 13.2. The lowest BCUT2D eigenvalue weighted by atomic mass is 9.77. The maximum atomic E-state index is 14.0. The van der Waals surface area contributed by atoms with Crippen molar-refractivity contribution >= 4 is 11.6 Å². The number of aromatic nitrogens is 3. The summed E-state index contributed by atoms with van der Waals surface area (Å²) in [6, 6.07) is 4.79. The van der Waals surface area contributed by atoms with Crippen LogP contribution in [0.1, 0.15) is 24.4 Å². The SMILES string of the molecule is O[C@@H]1C[C@H]2CN(Cc3c(F)cccc3Cl)C[C@H]2C[C@H]1n1cncn1. The number of aliphatic hydroxyl groups excluding tert-OH is 1. The normalized spacial score (nSPS) is 30.5. The van der Waals surface area contributed by atoms with E-state index >= 15 is 0 Å². The number of hydrogen-bond donors (Lipinski definition) is 1. The minimum atomic E-state index is -0.412. The molecular weight excluding hydrogens is 331 g/mol. The van der Waals surface area contributed by atoms with Crippen LogP contribution in [-0.2, 0) is 6.54 Å². The van der Waals surface area contributed by atoms with E-state index in [1.54, 1.807) is 23.1 Å². The quantitative estimate of drug-likeness (QED) is 0.924. The molecule has 24 heavy (non-hydrogen) atoms. The number of aliphatic hydroxyl groups is 1. The molecule has 2 aromatic rings. The molecule has 1 aliphatic heterocycles. The second kappa shape index (κ2) is 6.43. The molecule has 1 aromatic carbocycles. The third-order valence-electron chi connectivity index (χ3n) is 5.40. The summed E-state index contributed by atoms with van der Waals surface area (Å²) in [7, 11) is 0. The zero-order chi connectivity index (χ0) is 16.7. The number of benzene rings is 1. The van der Waals surface area contributed by atoms with Gasteiger partial charge in [-0.2, -0.15) is 5.10 Å². The van der Waals surface area contributed by atoms with Crippen LogP contribution in [0.5, 0.6) is 0 Å². The Hall–Kier alpha value is -1.50. The van der Waals surface area contributed by atoms with E-state index in [2.05, 4.69) is 15.0 Å². The topological polar surface area (TPSA) is 54.2 Å². The van der Waals surface area contributed by atoms with Gasteiger partial charge >= 0.3 is 0 Å². The van der Waals surface area contributed by atoms with Crippen molar-refractivity contribution in [2.45, 2.75) is 31.5 Å². The molecule has 2 fully saturated rings. The van der Waals surface area contributed by atoms with Crippen LogP contribution in [0.3, 0.4) is 0 Å². The van der Waals surface area contributed by atoms with Gasteiger partial charge in [-0.3, -0.25) is 4.90 Å². The number of fused-ring (bicyclic) bond motifs is 1. The van der Waals surface area contributed by atoms with E-state index in [-0.39, 0.29) is 11.9 Å². The summed E-state index contributed by atoms with van der Waals surface area (Å²) in [4.78, 5) is 6.23. The van der Waals surface area contributed by atoms with Crippen LogP contribution in [0.25, 0.3) is 0 Å². The van der Waals surface area contributed by atoms with Crippen molar-refractivity contribution in [2.75, 3.05) is 13.1 Å². The van der Waals surface area contributed by atoms with E-state index in [4.69, 9.17) is 11.6 Å². The molecule has 1 saturated carbocycles. The van der Waals surface area contributed by atoms with Crippen LogP contribution in [0.4, 0.5) is 4.39 Å². The average Bonchev–Trinajstić information content (AvgIpc) is 3.19. The highest BCUT2D eigenvalue weighted by Gasteiger charge is 2.42. The van der Waals surface area contributed by atoms with E-state index in [1.807, 2.05) is 0 Å². The van der Waals surface area contributed by atoms with Gasteiger partial charge in [0.05, 0.1) is 12.1 Å². The first-order chi connectivity index (χ1) is 11.6. The lowest BCUT2D eigenvalue weighted by Gasteiger charge is -2.35. The summed E-state index contributed by atoms with van der Waals surface area (Å²) in [5, 5.41) is 15.1. The summed E-state index contributed by atoms with van der Waals surface area (Å²) in [5.74, 6) is 0.663. The summed E-state index contributed by atoms with van der Waals surface area (Å²) in [6.45, 7) is 2.28. The highest BCUT2D eigenvalue weighted by Crippen LogP contribution is 2.41. The molecule has 2 aliphatic rings. The van der Waals surface area contributed by atoms with Crippen LogP contribution in [0, 0.1) is 17.7 Å². The number of halogens is 2. The predicted molar refractivity (Wildman–Crippen MR) is 88.0 cm³/mol. The first-order valence-electron chi connectivity index (χ1n) is 8.29. The fraction of sp³-hybridized carbons (Fsp3) is 0.529. The standard InChI is InChI=1S/C17H20ClFN4O/c18-14-2-1-3-15(19)13(14)8-22-6-11-4-16(23-10-20-9-21-23)17(24)5-12(11)7-22/h1-3,9-12,16-17,24H,4-8H2/t11-,12+,16-,17-/m1/s1. The minimum absolute atomic E-state index is 0.0225. The fourth-order valence-electron chi connectivity index (χ4n) is 4.21. The van der Waals surface area contributed by atoms with Gasteiger partial charge in [-0.1, -0.05) is 17.7 Å². The van der Waals surface area contributed by atoms with Crippen LogP contribution >= 0.6 is 11.6 Å². The maximum Gasteiger partial charge on any atom is 0.137 e. The van der Waals surface area contributed by atoms with E-state index < -0.39 is 6.10 Å². The summed E-state index contributed by atoms with van der Waals surface area (Å²) in [5.41, 5.74) is 0.561. The molecule has 0 amide bonds. The van der Waals surface area contributed by atoms with Gasteiger partial charge in [-0.05, 0) is 36.8 Å². The summed E-state index contributed by atoms with van der Waals surface area (Å²) >= 11 is 6.15. The van der Waals surface area contributed by atoms with E-state index in [1.165, 1.54) is 12.4 Å². The Kier molecular flexibility index (Phi) is 4.28. The van der Waals surface area contributed by atoms with Gasteiger partial charge in [0, 0.05) is 30.2 Å².